The van der Waals surface area contributed by atoms with Gasteiger partial charge in [-0.3, -0.25) is 0 Å². The Morgan fingerprint density at radius 3 is 2.95 bits per heavy atom. The molecule has 0 N–H and O–H groups in total. The lowest BCUT2D eigenvalue weighted by atomic mass is 9.81. The van der Waals surface area contributed by atoms with Gasteiger partial charge in [-0.25, -0.2) is 0 Å². The first-order chi connectivity index (χ1) is 9.26. The highest BCUT2D eigenvalue weighted by atomic mass is 16.7. The van der Waals surface area contributed by atoms with Crippen LogP contribution in [0.15, 0.2) is 18.2 Å². The lowest BCUT2D eigenvalue weighted by molar-refractivity contribution is 0.0954. The maximum absolute atomic E-state index is 9.21. The van der Waals surface area contributed by atoms with Crippen molar-refractivity contribution in [2.24, 2.45) is 11.8 Å². The third-order valence-corrected chi connectivity index (χ3v) is 3.85. The summed E-state index contributed by atoms with van der Waals surface area (Å²) in [5.74, 6) is 2.82. The molecule has 3 rings (SSSR count). The molecule has 1 heterocycles. The molecule has 1 aromatic carbocycles. The summed E-state index contributed by atoms with van der Waals surface area (Å²) in [4.78, 5) is 0. The average Bonchev–Trinajstić information content (AvgIpc) is 2.86. The Labute approximate surface area is 112 Å². The molecule has 2 aliphatic rings. The third kappa shape index (κ3) is 2.46. The molecule has 0 saturated heterocycles. The molecular weight excluding hydrogens is 242 g/mol. The van der Waals surface area contributed by atoms with E-state index in [1.165, 1.54) is 0 Å². The van der Waals surface area contributed by atoms with Crippen LogP contribution in [0.5, 0.6) is 17.2 Å². The van der Waals surface area contributed by atoms with Crippen LogP contribution < -0.4 is 14.2 Å². The fourth-order valence-electron chi connectivity index (χ4n) is 2.73. The molecule has 0 bridgehead atoms. The first kappa shape index (κ1) is 12.2. The minimum Gasteiger partial charge on any atom is -0.489 e. The highest BCUT2D eigenvalue weighted by Gasteiger charge is 2.30. The largest absolute Gasteiger partial charge is 0.489 e. The van der Waals surface area contributed by atoms with Gasteiger partial charge < -0.3 is 14.2 Å². The fraction of sp³-hybridized carbons (Fsp3) is 0.533. The van der Waals surface area contributed by atoms with Crippen molar-refractivity contribution in [2.75, 3.05) is 6.79 Å². The van der Waals surface area contributed by atoms with Crippen molar-refractivity contribution in [1.29, 1.82) is 5.26 Å². The molecule has 0 radical (unpaired) electrons. The summed E-state index contributed by atoms with van der Waals surface area (Å²) in [6, 6.07) is 7.94. The lowest BCUT2D eigenvalue weighted by Crippen LogP contribution is -2.32. The second kappa shape index (κ2) is 5.00. The number of ether oxygens (including phenoxy) is 3. The summed E-state index contributed by atoms with van der Waals surface area (Å²) in [5.41, 5.74) is 0. The zero-order valence-corrected chi connectivity index (χ0v) is 11.0. The van der Waals surface area contributed by atoms with E-state index in [2.05, 4.69) is 13.0 Å². The summed E-state index contributed by atoms with van der Waals surface area (Å²) < 4.78 is 16.6. The number of fused-ring (bicyclic) bond motifs is 1. The molecule has 1 aliphatic carbocycles. The van der Waals surface area contributed by atoms with E-state index in [4.69, 9.17) is 14.2 Å². The summed E-state index contributed by atoms with van der Waals surface area (Å²) in [6.07, 6.45) is 2.95. The van der Waals surface area contributed by atoms with E-state index in [0.29, 0.717) is 5.92 Å². The summed E-state index contributed by atoms with van der Waals surface area (Å²) >= 11 is 0. The second-order valence-corrected chi connectivity index (χ2v) is 5.33. The quantitative estimate of drug-likeness (QED) is 0.818. The molecule has 4 nitrogen and oxygen atoms in total. The van der Waals surface area contributed by atoms with Crippen LogP contribution in [0.25, 0.3) is 0 Å². The van der Waals surface area contributed by atoms with Gasteiger partial charge in [0.05, 0.1) is 12.0 Å². The van der Waals surface area contributed by atoms with Crippen molar-refractivity contribution in [3.8, 4) is 23.3 Å². The Morgan fingerprint density at radius 1 is 1.26 bits per heavy atom. The lowest BCUT2D eigenvalue weighted by Gasteiger charge is -2.31. The Hall–Kier alpha value is -1.89. The van der Waals surface area contributed by atoms with Crippen LogP contribution >= 0.6 is 0 Å². The molecule has 1 fully saturated rings. The van der Waals surface area contributed by atoms with Gasteiger partial charge in [-0.1, -0.05) is 6.92 Å². The van der Waals surface area contributed by atoms with Crippen molar-refractivity contribution < 1.29 is 14.2 Å². The summed E-state index contributed by atoms with van der Waals surface area (Å²) in [7, 11) is 0. The second-order valence-electron chi connectivity index (χ2n) is 5.33. The molecule has 1 aromatic rings. The van der Waals surface area contributed by atoms with Crippen LogP contribution in [0.3, 0.4) is 0 Å². The van der Waals surface area contributed by atoms with Gasteiger partial charge in [0, 0.05) is 6.07 Å². The number of rotatable bonds is 2. The van der Waals surface area contributed by atoms with E-state index < -0.39 is 0 Å². The van der Waals surface area contributed by atoms with Gasteiger partial charge in [0.2, 0.25) is 6.79 Å². The smallest absolute Gasteiger partial charge is 0.231 e. The minimum atomic E-state index is -0.0193. The molecule has 100 valence electrons. The first-order valence-electron chi connectivity index (χ1n) is 6.72. The van der Waals surface area contributed by atoms with E-state index in [1.54, 1.807) is 0 Å². The highest BCUT2D eigenvalue weighted by Crippen LogP contribution is 2.37. The zero-order valence-electron chi connectivity index (χ0n) is 11.0. The topological polar surface area (TPSA) is 51.5 Å². The molecule has 1 aliphatic heterocycles. The molecule has 1 saturated carbocycles. The first-order valence-corrected chi connectivity index (χ1v) is 6.72. The van der Waals surface area contributed by atoms with Crippen LogP contribution in [0.4, 0.5) is 0 Å². The molecule has 19 heavy (non-hydrogen) atoms. The van der Waals surface area contributed by atoms with Crippen LogP contribution in [0.2, 0.25) is 0 Å². The van der Waals surface area contributed by atoms with Crippen molar-refractivity contribution in [2.45, 2.75) is 32.3 Å². The molecule has 4 heteroatoms. The number of nitriles is 1. The van der Waals surface area contributed by atoms with Gasteiger partial charge in [0.1, 0.15) is 11.9 Å². The van der Waals surface area contributed by atoms with Crippen LogP contribution in [-0.2, 0) is 0 Å². The summed E-state index contributed by atoms with van der Waals surface area (Å²) in [5, 5.41) is 9.21. The molecular formula is C15H17NO3. The molecule has 0 aromatic heterocycles. The molecule has 0 amide bonds. The van der Waals surface area contributed by atoms with Crippen LogP contribution in [-0.4, -0.2) is 12.9 Å². The highest BCUT2D eigenvalue weighted by molar-refractivity contribution is 5.46. The Kier molecular flexibility index (Phi) is 3.20. The SMILES string of the molecule is CC1CCC(C#N)C(Oc2ccc3c(c2)OCO3)C1. The fourth-order valence-corrected chi connectivity index (χ4v) is 2.73. The molecule has 3 atom stereocenters. The summed E-state index contributed by atoms with van der Waals surface area (Å²) in [6.45, 7) is 2.48. The number of hydrogen-bond donors (Lipinski definition) is 0. The number of benzene rings is 1. The van der Waals surface area contributed by atoms with Crippen molar-refractivity contribution >= 4 is 0 Å². The Morgan fingerprint density at radius 2 is 2.11 bits per heavy atom. The predicted octanol–water partition coefficient (Wildman–Crippen LogP) is 3.12. The molecule has 3 unspecified atom stereocenters. The Balaban J connectivity index is 1.74. The van der Waals surface area contributed by atoms with Crippen molar-refractivity contribution in [1.82, 2.24) is 0 Å². The van der Waals surface area contributed by atoms with Crippen LogP contribution in [0, 0.1) is 23.2 Å². The van der Waals surface area contributed by atoms with Gasteiger partial charge in [-0.15, -0.1) is 0 Å². The average molecular weight is 259 g/mol. The van der Waals surface area contributed by atoms with E-state index >= 15 is 0 Å². The third-order valence-electron chi connectivity index (χ3n) is 3.85. The van der Waals surface area contributed by atoms with E-state index in [9.17, 15) is 5.26 Å². The van der Waals surface area contributed by atoms with E-state index in [0.717, 1.165) is 36.5 Å². The van der Waals surface area contributed by atoms with Gasteiger partial charge in [-0.05, 0) is 37.3 Å². The zero-order chi connectivity index (χ0) is 13.2. The normalized spacial score (nSPS) is 28.7. The predicted molar refractivity (Wildman–Crippen MR) is 69.1 cm³/mol. The molecule has 0 spiro atoms. The minimum absolute atomic E-state index is 0.0124. The number of nitrogens with zero attached hydrogens (tertiary/aromatic N) is 1. The maximum atomic E-state index is 9.21. The van der Waals surface area contributed by atoms with Gasteiger partial charge in [0.25, 0.3) is 0 Å². The monoisotopic (exact) mass is 259 g/mol. The van der Waals surface area contributed by atoms with E-state index in [1.807, 2.05) is 18.2 Å². The van der Waals surface area contributed by atoms with Crippen LogP contribution in [0.1, 0.15) is 26.2 Å². The van der Waals surface area contributed by atoms with Crippen molar-refractivity contribution in [3.05, 3.63) is 18.2 Å². The van der Waals surface area contributed by atoms with Gasteiger partial charge >= 0.3 is 0 Å². The maximum Gasteiger partial charge on any atom is 0.231 e. The number of hydrogen-bond acceptors (Lipinski definition) is 4. The van der Waals surface area contributed by atoms with Gasteiger partial charge in [-0.2, -0.15) is 5.26 Å². The van der Waals surface area contributed by atoms with E-state index in [-0.39, 0.29) is 18.8 Å². The standard InChI is InChI=1S/C15H17NO3/c1-10-2-3-11(8-16)14(6-10)19-12-4-5-13-15(7-12)18-9-17-13/h4-5,7,10-11,14H,2-3,6,9H2,1H3. The van der Waals surface area contributed by atoms with Gasteiger partial charge in [0.15, 0.2) is 11.5 Å². The van der Waals surface area contributed by atoms with Crippen molar-refractivity contribution in [3.63, 3.8) is 0 Å². The Bertz CT molecular complexity index is 509.